The van der Waals surface area contributed by atoms with Gasteiger partial charge >= 0.3 is 0 Å². The Labute approximate surface area is 107 Å². The van der Waals surface area contributed by atoms with Crippen molar-refractivity contribution in [3.8, 4) is 0 Å². The number of unbranched alkanes of at least 4 members (excludes halogenated alkanes) is 1. The third kappa shape index (κ3) is 3.97. The van der Waals surface area contributed by atoms with Crippen LogP contribution < -0.4 is 5.73 Å². The molecule has 0 radical (unpaired) electrons. The van der Waals surface area contributed by atoms with Gasteiger partial charge in [-0.05, 0) is 30.4 Å². The summed E-state index contributed by atoms with van der Waals surface area (Å²) in [7, 11) is 3.51. The Morgan fingerprint density at radius 1 is 1.41 bits per heavy atom. The van der Waals surface area contributed by atoms with Crippen molar-refractivity contribution in [2.45, 2.75) is 24.7 Å². The summed E-state index contributed by atoms with van der Waals surface area (Å²) in [6.07, 6.45) is 2.33. The Morgan fingerprint density at radius 2 is 2.12 bits per heavy atom. The molecule has 1 aromatic rings. The zero-order valence-electron chi connectivity index (χ0n) is 10.7. The normalized spacial score (nSPS) is 10.3. The van der Waals surface area contributed by atoms with Crippen molar-refractivity contribution in [1.82, 2.24) is 4.90 Å². The lowest BCUT2D eigenvalue weighted by molar-refractivity contribution is 0.0827. The smallest absolute Gasteiger partial charge is 0.253 e. The zero-order chi connectivity index (χ0) is 12.8. The van der Waals surface area contributed by atoms with Crippen LogP contribution in [0.5, 0.6) is 0 Å². The Kier molecular flexibility index (Phi) is 5.35. The van der Waals surface area contributed by atoms with Crippen molar-refractivity contribution in [3.05, 3.63) is 23.8 Å². The molecule has 1 rings (SSSR count). The van der Waals surface area contributed by atoms with Crippen molar-refractivity contribution in [2.75, 3.05) is 25.6 Å². The number of nitrogen functional groups attached to an aromatic ring is 1. The number of hydrogen-bond acceptors (Lipinski definition) is 3. The van der Waals surface area contributed by atoms with Crippen LogP contribution in [-0.2, 0) is 0 Å². The van der Waals surface area contributed by atoms with Gasteiger partial charge in [-0.15, -0.1) is 11.8 Å². The summed E-state index contributed by atoms with van der Waals surface area (Å²) >= 11 is 1.72. The van der Waals surface area contributed by atoms with Crippen LogP contribution in [0.15, 0.2) is 23.1 Å². The van der Waals surface area contributed by atoms with E-state index in [4.69, 9.17) is 5.73 Å². The minimum Gasteiger partial charge on any atom is -0.398 e. The molecule has 0 fully saturated rings. The molecule has 1 aromatic carbocycles. The number of nitrogens with two attached hydrogens (primary N) is 1. The quantitative estimate of drug-likeness (QED) is 0.498. The van der Waals surface area contributed by atoms with Crippen LogP contribution in [0, 0.1) is 0 Å². The minimum absolute atomic E-state index is 0.0161. The van der Waals surface area contributed by atoms with E-state index in [2.05, 4.69) is 6.92 Å². The number of rotatable bonds is 5. The molecule has 0 saturated heterocycles. The average molecular weight is 252 g/mol. The van der Waals surface area contributed by atoms with Crippen molar-refractivity contribution in [1.29, 1.82) is 0 Å². The summed E-state index contributed by atoms with van der Waals surface area (Å²) in [6, 6.07) is 5.48. The Bertz CT molecular complexity index is 391. The van der Waals surface area contributed by atoms with Gasteiger partial charge in [0.2, 0.25) is 0 Å². The van der Waals surface area contributed by atoms with E-state index in [9.17, 15) is 4.79 Å². The van der Waals surface area contributed by atoms with Crippen LogP contribution in [0.4, 0.5) is 5.69 Å². The molecule has 0 aliphatic rings. The van der Waals surface area contributed by atoms with Gasteiger partial charge in [-0.2, -0.15) is 0 Å². The van der Waals surface area contributed by atoms with E-state index < -0.39 is 0 Å². The molecule has 0 unspecified atom stereocenters. The van der Waals surface area contributed by atoms with E-state index in [1.54, 1.807) is 36.8 Å². The van der Waals surface area contributed by atoms with Gasteiger partial charge in [-0.3, -0.25) is 4.79 Å². The number of carbonyl (C=O) groups is 1. The number of thioether (sulfide) groups is 1. The molecule has 2 N–H and O–H groups in total. The second-order valence-electron chi connectivity index (χ2n) is 4.15. The maximum absolute atomic E-state index is 11.8. The summed E-state index contributed by atoms with van der Waals surface area (Å²) in [5, 5.41) is 0. The average Bonchev–Trinajstić information content (AvgIpc) is 2.30. The van der Waals surface area contributed by atoms with Crippen LogP contribution in [-0.4, -0.2) is 30.7 Å². The lowest BCUT2D eigenvalue weighted by atomic mass is 10.2. The van der Waals surface area contributed by atoms with Crippen LogP contribution >= 0.6 is 11.8 Å². The van der Waals surface area contributed by atoms with Crippen LogP contribution in [0.3, 0.4) is 0 Å². The van der Waals surface area contributed by atoms with Gasteiger partial charge in [0.05, 0.1) is 0 Å². The van der Waals surface area contributed by atoms with Gasteiger partial charge in [-0.25, -0.2) is 0 Å². The largest absolute Gasteiger partial charge is 0.398 e. The summed E-state index contributed by atoms with van der Waals surface area (Å²) in [5.74, 6) is 1.06. The standard InChI is InChI=1S/C13H20N2OS/c1-4-5-8-17-12-9-10(6-7-11(12)14)13(16)15(2)3/h6-7,9H,4-5,8,14H2,1-3H3. The second-order valence-corrected chi connectivity index (χ2v) is 5.29. The highest BCUT2D eigenvalue weighted by molar-refractivity contribution is 7.99. The van der Waals surface area contributed by atoms with E-state index >= 15 is 0 Å². The minimum atomic E-state index is 0.0161. The first-order chi connectivity index (χ1) is 8.06. The lowest BCUT2D eigenvalue weighted by Crippen LogP contribution is -2.21. The van der Waals surface area contributed by atoms with Gasteiger partial charge in [0, 0.05) is 30.2 Å². The van der Waals surface area contributed by atoms with Crippen LogP contribution in [0.25, 0.3) is 0 Å². The van der Waals surface area contributed by atoms with E-state index in [0.29, 0.717) is 5.56 Å². The number of benzene rings is 1. The first-order valence-corrected chi connectivity index (χ1v) is 6.78. The van der Waals surface area contributed by atoms with Crippen molar-refractivity contribution < 1.29 is 4.79 Å². The molecule has 0 atom stereocenters. The molecule has 0 saturated carbocycles. The van der Waals surface area contributed by atoms with Crippen LogP contribution in [0.2, 0.25) is 0 Å². The molecule has 0 heterocycles. The van der Waals surface area contributed by atoms with Crippen molar-refractivity contribution >= 4 is 23.4 Å². The molecule has 3 nitrogen and oxygen atoms in total. The molecule has 1 amide bonds. The van der Waals surface area contributed by atoms with Gasteiger partial charge in [0.15, 0.2) is 0 Å². The Balaban J connectivity index is 2.83. The second kappa shape index (κ2) is 6.55. The predicted molar refractivity (Wildman–Crippen MR) is 74.5 cm³/mol. The van der Waals surface area contributed by atoms with E-state index in [1.807, 2.05) is 12.1 Å². The topological polar surface area (TPSA) is 46.3 Å². The maximum Gasteiger partial charge on any atom is 0.253 e. The number of anilines is 1. The van der Waals surface area contributed by atoms with Gasteiger partial charge < -0.3 is 10.6 Å². The van der Waals surface area contributed by atoms with E-state index in [1.165, 1.54) is 6.42 Å². The fourth-order valence-corrected chi connectivity index (χ4v) is 2.47. The summed E-state index contributed by atoms with van der Waals surface area (Å²) in [4.78, 5) is 14.4. The number of amides is 1. The first-order valence-electron chi connectivity index (χ1n) is 5.80. The monoisotopic (exact) mass is 252 g/mol. The zero-order valence-corrected chi connectivity index (χ0v) is 11.5. The molecular weight excluding hydrogens is 232 g/mol. The molecule has 17 heavy (non-hydrogen) atoms. The van der Waals surface area contributed by atoms with Gasteiger partial charge in [-0.1, -0.05) is 13.3 Å². The molecule has 94 valence electrons. The molecule has 0 aromatic heterocycles. The molecule has 0 aliphatic carbocycles. The summed E-state index contributed by atoms with van der Waals surface area (Å²) < 4.78 is 0. The SMILES string of the molecule is CCCCSc1cc(C(=O)N(C)C)ccc1N. The molecule has 0 bridgehead atoms. The van der Waals surface area contributed by atoms with Gasteiger partial charge in [0.25, 0.3) is 5.91 Å². The molecule has 0 spiro atoms. The predicted octanol–water partition coefficient (Wildman–Crippen LogP) is 2.86. The molecule has 0 aliphatic heterocycles. The number of nitrogens with zero attached hydrogens (tertiary/aromatic N) is 1. The van der Waals surface area contributed by atoms with Crippen molar-refractivity contribution in [2.24, 2.45) is 0 Å². The lowest BCUT2D eigenvalue weighted by Gasteiger charge is -2.12. The fourth-order valence-electron chi connectivity index (χ4n) is 1.38. The highest BCUT2D eigenvalue weighted by Crippen LogP contribution is 2.27. The highest BCUT2D eigenvalue weighted by atomic mass is 32.2. The number of hydrogen-bond donors (Lipinski definition) is 1. The fraction of sp³-hybridized carbons (Fsp3) is 0.462. The van der Waals surface area contributed by atoms with Gasteiger partial charge in [0.1, 0.15) is 0 Å². The third-order valence-corrected chi connectivity index (χ3v) is 3.58. The third-order valence-electron chi connectivity index (χ3n) is 2.42. The van der Waals surface area contributed by atoms with E-state index in [-0.39, 0.29) is 5.91 Å². The summed E-state index contributed by atoms with van der Waals surface area (Å²) in [6.45, 7) is 2.16. The van der Waals surface area contributed by atoms with Crippen LogP contribution in [0.1, 0.15) is 30.1 Å². The number of carbonyl (C=O) groups excluding carboxylic acids is 1. The Hall–Kier alpha value is -1.16. The molecular formula is C13H20N2OS. The van der Waals surface area contributed by atoms with E-state index in [0.717, 1.165) is 22.8 Å². The maximum atomic E-state index is 11.8. The van der Waals surface area contributed by atoms with Crippen molar-refractivity contribution in [3.63, 3.8) is 0 Å². The summed E-state index contributed by atoms with van der Waals surface area (Å²) in [5.41, 5.74) is 7.35. The molecule has 4 heteroatoms. The Morgan fingerprint density at radius 3 is 2.71 bits per heavy atom. The highest BCUT2D eigenvalue weighted by Gasteiger charge is 2.10. The first kappa shape index (κ1) is 13.9.